The van der Waals surface area contributed by atoms with E-state index in [9.17, 15) is 79.5 Å². The second-order valence-corrected chi connectivity index (χ2v) is 29.4. The molecule has 0 spiro atoms. The number of H-pyrrole nitrogens is 1. The maximum Gasteiger partial charge on any atom is 0.330 e. The van der Waals surface area contributed by atoms with Crippen LogP contribution in [0, 0.1) is 12.8 Å². The predicted octanol–water partition coefficient (Wildman–Crippen LogP) is 1.11. The fourth-order valence-corrected chi connectivity index (χ4v) is 14.1. The van der Waals surface area contributed by atoms with Crippen molar-refractivity contribution in [1.82, 2.24) is 47.1 Å². The van der Waals surface area contributed by atoms with Gasteiger partial charge < -0.3 is 123 Å². The molecule has 36 nitrogen and oxygen atoms in total. The van der Waals surface area contributed by atoms with Gasteiger partial charge in [0.1, 0.15) is 83.0 Å². The van der Waals surface area contributed by atoms with E-state index in [-0.39, 0.29) is 98.3 Å². The Morgan fingerprint density at radius 2 is 1.50 bits per heavy atom. The molecule has 2 fully saturated rings. The number of fused-ring (bicyclic) bond motifs is 8. The maximum atomic E-state index is 15.4. The van der Waals surface area contributed by atoms with E-state index in [1.807, 2.05) is 13.8 Å². The number of amides is 7. The van der Waals surface area contributed by atoms with Crippen LogP contribution >= 0.6 is 35.0 Å². The number of aliphatic hydroxyl groups is 5. The smallest absolute Gasteiger partial charge is 0.330 e. The number of aryl methyl sites for hydroxylation is 1. The van der Waals surface area contributed by atoms with Crippen LogP contribution in [0.5, 0.6) is 46.0 Å². The first kappa shape index (κ1) is 85.6. The first-order chi connectivity index (χ1) is 51.8. The van der Waals surface area contributed by atoms with Crippen molar-refractivity contribution in [2.75, 3.05) is 12.8 Å². The number of aromatic hydroxyl groups is 3. The Kier molecular flexibility index (Phi) is 27.4. The van der Waals surface area contributed by atoms with Crippen LogP contribution in [-0.4, -0.2) is 200 Å². The number of benzene rings is 5. The van der Waals surface area contributed by atoms with Gasteiger partial charge in [-0.1, -0.05) is 67.0 Å². The molecule has 10 unspecified atom stereocenters. The zero-order valence-corrected chi connectivity index (χ0v) is 63.8. The average Bonchev–Trinajstić information content (AvgIpc) is 0.768. The van der Waals surface area contributed by atoms with Crippen molar-refractivity contribution in [3.8, 4) is 57.1 Å². The van der Waals surface area contributed by atoms with Gasteiger partial charge in [-0.3, -0.25) is 43.3 Å². The van der Waals surface area contributed by atoms with Gasteiger partial charge in [-0.2, -0.15) is 0 Å². The van der Waals surface area contributed by atoms with Crippen molar-refractivity contribution in [3.63, 3.8) is 0 Å². The van der Waals surface area contributed by atoms with Crippen molar-refractivity contribution < 1.29 is 131 Å². The molecule has 40 heteroatoms. The fourth-order valence-electron chi connectivity index (χ4n) is 12.8. The molecule has 6 heterocycles. The van der Waals surface area contributed by atoms with Crippen LogP contribution in [-0.2, 0) is 71.1 Å². The number of ether oxygens (including phenoxy) is 6. The van der Waals surface area contributed by atoms with Gasteiger partial charge in [0, 0.05) is 59.0 Å². The van der Waals surface area contributed by atoms with Gasteiger partial charge in [0.05, 0.1) is 46.7 Å². The Balaban J connectivity index is 0.0000142. The van der Waals surface area contributed by atoms with Gasteiger partial charge in [0.2, 0.25) is 53.4 Å². The van der Waals surface area contributed by atoms with Crippen LogP contribution in [0.4, 0.5) is 0 Å². The number of hydrogen-bond donors (Lipinski definition) is 19. The summed E-state index contributed by atoms with van der Waals surface area (Å²) in [4.78, 5) is 126. The number of nitrogens with zero attached hydrogens (tertiary/aromatic N) is 2. The molecule has 5 aliphatic rings. The summed E-state index contributed by atoms with van der Waals surface area (Å²) < 4.78 is 39.3. The molecule has 18 atom stereocenters. The number of nitrogens with two attached hydrogens (primary N) is 3. The predicted molar refractivity (Wildman–Crippen MR) is 387 cm³/mol. The Bertz CT molecular complexity index is 4630. The second-order valence-electron chi connectivity index (χ2n) is 27.6. The summed E-state index contributed by atoms with van der Waals surface area (Å²) in [7, 11) is 1.49. The standard InChI is InChI=1S/C71H82Cl2N12O24S.V/c1-25(2)14-39(77-7)64(98)81-52(66(100)78-38(61(75)95)22-47(74)89)54(90)30-9-12-42(36(72)16-30)105-44-18-32-19-45(58(44)109-69-59(108-48-23-71(6,76)60(94)28(5)104-48)57(93)56(92)46(107-69)24-110-70-83-63(97)27(4)84-85-70)106-43-13-10-31(17-37(43)73)55(91)53-67(101)80-51(68(102)103)35-20-33(86)21-41(88)49(35)34-15-29(8-11-40(34)87)50(65(99)82-53)79-62(96)26(32)3;/h8-13,15-21,25-26,28,38-39,46,48,50-57,59-60,69,77,86-88,90-94H,14,22-24,76H2,1-7H3,(H2,74,89)(H2,75,95)(H,78,100)(H,79,96)(H,80,101)(H,81,98)(H,82,99)(H,102,103)(H,83,85,97);/t26-,28?,38+,39+,46?,48?,50-,51-,52-,53?,54-,55-,56?,57?,59?,60?,69?,71?;/m1./s1. The summed E-state index contributed by atoms with van der Waals surface area (Å²) in [6, 6.07) is 3.53. The van der Waals surface area contributed by atoms with E-state index in [0.717, 1.165) is 48.2 Å². The van der Waals surface area contributed by atoms with Gasteiger partial charge in [-0.15, -0.1) is 10.2 Å². The number of aliphatic hydroxyl groups excluding tert-OH is 5. The number of carbonyl (C=O) groups excluding carboxylic acids is 7. The molecule has 0 aliphatic carbocycles. The molecule has 0 saturated carbocycles. The third kappa shape index (κ3) is 19.4. The molecule has 5 aliphatic heterocycles. The van der Waals surface area contributed by atoms with E-state index in [4.69, 9.17) is 68.8 Å². The molecule has 111 heavy (non-hydrogen) atoms. The summed E-state index contributed by atoms with van der Waals surface area (Å²) in [6.07, 6.45) is -17.8. The molecular formula is C71H82Cl2N12O24SV. The van der Waals surface area contributed by atoms with Crippen LogP contribution < -0.4 is 68.9 Å². The number of thioether (sulfide) groups is 1. The van der Waals surface area contributed by atoms with Crippen LogP contribution in [0.2, 0.25) is 10.0 Å². The minimum atomic E-state index is -2.19. The summed E-state index contributed by atoms with van der Waals surface area (Å²) in [6.45, 7) is 9.44. The average molecular weight is 1640 g/mol. The Morgan fingerprint density at radius 3 is 2.14 bits per heavy atom. The normalized spacial score (nSPS) is 25.6. The van der Waals surface area contributed by atoms with E-state index < -0.39 is 219 Å². The SMILES string of the molecule is CN[C@@H](CC(C)C)C(=O)N[C@@H](C(=O)N[C@@H](CC(N)=O)C(N)=O)[C@H](O)c1ccc(Oc2cc3cc(c2OC2OC(CSc4nnc(C)c(=O)[nH]4)C(O)C(O)C2OC2CC(C)(N)C(O)C(C)O2)Oc2ccc(cc2Cl)[C@@H](O)C2NC(=O)[C@H](NC(=O)[C@@H]3C)c3ccc(O)c(c3)-c3c(O)cc(O)cc3[C@H](C(=O)O)NC2=O)c(Cl)c1.[V]. The number of hydrogen-bond acceptors (Lipinski definition) is 28. The summed E-state index contributed by atoms with van der Waals surface area (Å²) in [5.41, 5.74) is 13.4. The second kappa shape index (κ2) is 35.5. The van der Waals surface area contributed by atoms with Crippen LogP contribution in [0.1, 0.15) is 118 Å². The van der Waals surface area contributed by atoms with E-state index in [2.05, 4.69) is 47.1 Å². The van der Waals surface area contributed by atoms with Crippen molar-refractivity contribution in [2.45, 2.75) is 175 Å². The summed E-state index contributed by atoms with van der Waals surface area (Å²) >= 11 is 15.1. The molecule has 7 amide bonds. The number of aromatic amines is 1. The van der Waals surface area contributed by atoms with Gasteiger partial charge >= 0.3 is 5.97 Å². The van der Waals surface area contributed by atoms with E-state index >= 15 is 9.59 Å². The number of nitrogens with one attached hydrogen (secondary N) is 7. The number of aromatic nitrogens is 3. The van der Waals surface area contributed by atoms with Gasteiger partial charge in [-0.25, -0.2) is 4.79 Å². The molecular weight excluding hydrogens is 1560 g/mol. The first-order valence-electron chi connectivity index (χ1n) is 34.2. The third-order valence-electron chi connectivity index (χ3n) is 18.9. The quantitative estimate of drug-likeness (QED) is 0.0423. The summed E-state index contributed by atoms with van der Waals surface area (Å²) in [5, 5.41) is 126. The molecule has 6 aromatic rings. The number of carboxylic acids is 1. The monoisotopic (exact) mass is 1640 g/mol. The minimum absolute atomic E-state index is 0. The number of carbonyl (C=O) groups is 8. The Labute approximate surface area is 658 Å². The van der Waals surface area contributed by atoms with Crippen molar-refractivity contribution in [2.24, 2.45) is 23.1 Å². The van der Waals surface area contributed by atoms with Gasteiger partial charge in [0.25, 0.3) is 5.56 Å². The number of phenols is 3. The number of phenolic OH excluding ortho intramolecular Hbond substituents is 3. The molecule has 1 radical (unpaired) electrons. The third-order valence-corrected chi connectivity index (χ3v) is 20.4. The topological polar surface area (TPSA) is 583 Å². The molecule has 1 aromatic heterocycles. The zero-order valence-electron chi connectivity index (χ0n) is 60.1. The Morgan fingerprint density at radius 1 is 0.784 bits per heavy atom. The fraction of sp³-hybridized carbons (Fsp3) is 0.423. The molecule has 11 rings (SSSR count). The number of halogens is 2. The van der Waals surface area contributed by atoms with Gasteiger partial charge in [0.15, 0.2) is 35.1 Å². The van der Waals surface area contributed by atoms with Crippen molar-refractivity contribution >= 4 is 82.3 Å². The number of likely N-dealkylation sites (N-methyl/N-ethyl adjacent to an activating group) is 1. The van der Waals surface area contributed by atoms with Crippen LogP contribution in [0.25, 0.3) is 11.1 Å². The summed E-state index contributed by atoms with van der Waals surface area (Å²) in [5.74, 6) is -15.9. The molecule has 22 N–H and O–H groups in total. The molecule has 2 saturated heterocycles. The number of aliphatic carboxylic acids is 1. The number of carboxylic acid groups (broad SMARTS) is 1. The molecule has 5 aromatic carbocycles. The van der Waals surface area contributed by atoms with E-state index in [1.165, 1.54) is 77.2 Å². The van der Waals surface area contributed by atoms with Crippen LogP contribution in [0.3, 0.4) is 0 Å². The minimum Gasteiger partial charge on any atom is -0.508 e. The van der Waals surface area contributed by atoms with E-state index in [0.29, 0.717) is 0 Å². The van der Waals surface area contributed by atoms with Crippen LogP contribution in [0.15, 0.2) is 88.8 Å². The van der Waals surface area contributed by atoms with Gasteiger partial charge in [-0.05, 0) is 124 Å². The van der Waals surface area contributed by atoms with Crippen molar-refractivity contribution in [3.05, 3.63) is 133 Å². The largest absolute Gasteiger partial charge is 0.508 e. The molecule has 595 valence electrons. The molecule has 8 bridgehead atoms. The van der Waals surface area contributed by atoms with Crippen molar-refractivity contribution in [1.29, 1.82) is 0 Å². The van der Waals surface area contributed by atoms with E-state index in [1.54, 1.807) is 0 Å². The number of rotatable bonds is 22. The maximum absolute atomic E-state index is 15.4. The Hall–Kier alpha value is -9.42. The zero-order chi connectivity index (χ0) is 80.4. The number of primary amides is 2. The first-order valence-corrected chi connectivity index (χ1v) is 36.0.